The fourth-order valence-corrected chi connectivity index (χ4v) is 1.05. The molecule has 0 spiro atoms. The Balaban J connectivity index is 0. The number of nitrogens with two attached hydrogens (primary N) is 2. The van der Waals surface area contributed by atoms with Crippen LogP contribution in [-0.2, 0) is 9.53 Å². The van der Waals surface area contributed by atoms with Crippen molar-refractivity contribution >= 4 is 18.4 Å². The monoisotopic (exact) mass is 238 g/mol. The molecule has 4 nitrogen and oxygen atoms in total. The van der Waals surface area contributed by atoms with Gasteiger partial charge in [-0.25, -0.2) is 0 Å². The number of hydrogen-bond acceptors (Lipinski definition) is 4. The molecule has 5 heteroatoms. The fourth-order valence-electron chi connectivity index (χ4n) is 1.05. The van der Waals surface area contributed by atoms with E-state index >= 15 is 0 Å². The molecule has 0 aromatic heterocycles. The van der Waals surface area contributed by atoms with Crippen LogP contribution in [0.2, 0.25) is 0 Å². The highest BCUT2D eigenvalue weighted by atomic mass is 35.5. The van der Waals surface area contributed by atoms with Crippen LogP contribution in [0, 0.1) is 0 Å². The lowest BCUT2D eigenvalue weighted by Gasteiger charge is -2.10. The summed E-state index contributed by atoms with van der Waals surface area (Å²) in [5.41, 5.74) is 11.0. The number of rotatable bonds is 8. The largest absolute Gasteiger partial charge is 0.465 e. The van der Waals surface area contributed by atoms with Crippen molar-refractivity contribution in [2.45, 2.75) is 45.1 Å². The summed E-state index contributed by atoms with van der Waals surface area (Å²) in [6.45, 7) is 3.19. The van der Waals surface area contributed by atoms with E-state index in [1.165, 1.54) is 0 Å². The Labute approximate surface area is 98.1 Å². The molecule has 0 radical (unpaired) electrons. The molecule has 0 saturated heterocycles. The van der Waals surface area contributed by atoms with E-state index in [1.54, 1.807) is 0 Å². The molecule has 0 aliphatic rings. The zero-order valence-electron chi connectivity index (χ0n) is 9.41. The summed E-state index contributed by atoms with van der Waals surface area (Å²) < 4.78 is 4.98. The van der Waals surface area contributed by atoms with E-state index in [9.17, 15) is 4.79 Å². The molecule has 0 unspecified atom stereocenters. The van der Waals surface area contributed by atoms with Gasteiger partial charge in [0.2, 0.25) is 0 Å². The number of unbranched alkanes of at least 4 members (excludes halogenated alkanes) is 2. The molecule has 0 rings (SSSR count). The molecule has 0 aliphatic carbocycles. The van der Waals surface area contributed by atoms with Crippen LogP contribution in [0.5, 0.6) is 0 Å². The van der Waals surface area contributed by atoms with Gasteiger partial charge in [0.05, 0.1) is 6.61 Å². The molecule has 92 valence electrons. The van der Waals surface area contributed by atoms with Crippen LogP contribution in [0.25, 0.3) is 0 Å². The average molecular weight is 239 g/mol. The minimum Gasteiger partial charge on any atom is -0.465 e. The van der Waals surface area contributed by atoms with Crippen molar-refractivity contribution in [3.8, 4) is 0 Å². The van der Waals surface area contributed by atoms with Crippen LogP contribution in [0.1, 0.15) is 39.0 Å². The smallest absolute Gasteiger partial charge is 0.322 e. The van der Waals surface area contributed by atoms with Gasteiger partial charge in [-0.05, 0) is 25.8 Å². The number of carbonyl (C=O) groups excluding carboxylic acids is 1. The minimum atomic E-state index is -0.474. The van der Waals surface area contributed by atoms with Gasteiger partial charge < -0.3 is 16.2 Å². The van der Waals surface area contributed by atoms with Gasteiger partial charge in [0, 0.05) is 0 Å². The molecular formula is C10H23ClN2O2. The average Bonchev–Trinajstić information content (AvgIpc) is 2.18. The van der Waals surface area contributed by atoms with E-state index in [4.69, 9.17) is 16.2 Å². The topological polar surface area (TPSA) is 78.3 Å². The van der Waals surface area contributed by atoms with E-state index in [2.05, 4.69) is 6.92 Å². The molecule has 0 heterocycles. The van der Waals surface area contributed by atoms with Crippen molar-refractivity contribution in [1.82, 2.24) is 0 Å². The SMILES string of the molecule is CCCCOC(=O)[C@@H](N)CCCCN.Cl. The van der Waals surface area contributed by atoms with Gasteiger partial charge in [-0.1, -0.05) is 19.8 Å². The van der Waals surface area contributed by atoms with Crippen LogP contribution < -0.4 is 11.5 Å². The fraction of sp³-hybridized carbons (Fsp3) is 0.900. The summed E-state index contributed by atoms with van der Waals surface area (Å²) in [6, 6.07) is -0.474. The maximum absolute atomic E-state index is 11.2. The van der Waals surface area contributed by atoms with Gasteiger partial charge in [-0.2, -0.15) is 0 Å². The van der Waals surface area contributed by atoms with Crippen molar-refractivity contribution in [1.29, 1.82) is 0 Å². The molecule has 0 aromatic carbocycles. The first-order chi connectivity index (χ1) is 6.72. The Morgan fingerprint density at radius 1 is 1.33 bits per heavy atom. The zero-order chi connectivity index (χ0) is 10.8. The standard InChI is InChI=1S/C10H22N2O2.ClH/c1-2-3-8-14-10(13)9(12)6-4-5-7-11;/h9H,2-8,11-12H2,1H3;1H/t9-;/m0./s1. The highest BCUT2D eigenvalue weighted by Crippen LogP contribution is 2.00. The minimum absolute atomic E-state index is 0. The summed E-state index contributed by atoms with van der Waals surface area (Å²) in [6.07, 6.45) is 4.40. The molecule has 0 aromatic rings. The molecule has 0 saturated carbocycles. The second-order valence-corrected chi connectivity index (χ2v) is 3.41. The summed E-state index contributed by atoms with van der Waals surface area (Å²) in [5.74, 6) is -0.282. The summed E-state index contributed by atoms with van der Waals surface area (Å²) in [4.78, 5) is 11.2. The Hall–Kier alpha value is -0.320. The molecular weight excluding hydrogens is 216 g/mol. The quantitative estimate of drug-likeness (QED) is 0.492. The van der Waals surface area contributed by atoms with Gasteiger partial charge >= 0.3 is 5.97 Å². The Morgan fingerprint density at radius 2 is 2.00 bits per heavy atom. The van der Waals surface area contributed by atoms with Gasteiger partial charge in [-0.3, -0.25) is 4.79 Å². The van der Waals surface area contributed by atoms with Crippen LogP contribution in [0.3, 0.4) is 0 Å². The Morgan fingerprint density at radius 3 is 2.53 bits per heavy atom. The lowest BCUT2D eigenvalue weighted by atomic mass is 10.1. The molecule has 15 heavy (non-hydrogen) atoms. The predicted octanol–water partition coefficient (Wildman–Crippen LogP) is 1.21. The van der Waals surface area contributed by atoms with Gasteiger partial charge in [0.25, 0.3) is 0 Å². The van der Waals surface area contributed by atoms with Gasteiger partial charge in [-0.15, -0.1) is 12.4 Å². The normalized spacial score (nSPS) is 11.7. The Kier molecular flexibility index (Phi) is 13.4. The molecule has 0 amide bonds. The molecule has 0 aliphatic heterocycles. The third kappa shape index (κ3) is 9.97. The van der Waals surface area contributed by atoms with Crippen molar-refractivity contribution in [2.24, 2.45) is 11.5 Å². The van der Waals surface area contributed by atoms with E-state index in [0.717, 1.165) is 25.7 Å². The Bertz CT molecular complexity index is 156. The van der Waals surface area contributed by atoms with Gasteiger partial charge in [0.1, 0.15) is 6.04 Å². The predicted molar refractivity (Wildman–Crippen MR) is 64.0 cm³/mol. The molecule has 4 N–H and O–H groups in total. The van der Waals surface area contributed by atoms with Crippen molar-refractivity contribution in [3.63, 3.8) is 0 Å². The summed E-state index contributed by atoms with van der Waals surface area (Å²) in [7, 11) is 0. The van der Waals surface area contributed by atoms with Crippen LogP contribution >= 0.6 is 12.4 Å². The second-order valence-electron chi connectivity index (χ2n) is 3.41. The van der Waals surface area contributed by atoms with Crippen molar-refractivity contribution in [3.05, 3.63) is 0 Å². The third-order valence-electron chi connectivity index (χ3n) is 2.01. The molecule has 0 fully saturated rings. The summed E-state index contributed by atoms with van der Waals surface area (Å²) in [5, 5.41) is 0. The van der Waals surface area contributed by atoms with Crippen LogP contribution in [-0.4, -0.2) is 25.2 Å². The lowest BCUT2D eigenvalue weighted by molar-refractivity contribution is -0.145. The summed E-state index contributed by atoms with van der Waals surface area (Å²) >= 11 is 0. The van der Waals surface area contributed by atoms with E-state index in [1.807, 2.05) is 0 Å². The number of carbonyl (C=O) groups is 1. The maximum Gasteiger partial charge on any atom is 0.322 e. The van der Waals surface area contributed by atoms with E-state index in [0.29, 0.717) is 19.6 Å². The third-order valence-corrected chi connectivity index (χ3v) is 2.01. The first kappa shape index (κ1) is 17.1. The number of ether oxygens (including phenoxy) is 1. The first-order valence-electron chi connectivity index (χ1n) is 5.34. The highest BCUT2D eigenvalue weighted by Gasteiger charge is 2.13. The van der Waals surface area contributed by atoms with Crippen molar-refractivity contribution < 1.29 is 9.53 Å². The first-order valence-corrected chi connectivity index (χ1v) is 5.34. The number of esters is 1. The highest BCUT2D eigenvalue weighted by molar-refractivity contribution is 5.85. The van der Waals surface area contributed by atoms with Crippen LogP contribution in [0.4, 0.5) is 0 Å². The number of hydrogen-bond donors (Lipinski definition) is 2. The van der Waals surface area contributed by atoms with Crippen LogP contribution in [0.15, 0.2) is 0 Å². The van der Waals surface area contributed by atoms with E-state index in [-0.39, 0.29) is 18.4 Å². The van der Waals surface area contributed by atoms with Gasteiger partial charge in [0.15, 0.2) is 0 Å². The van der Waals surface area contributed by atoms with Crippen molar-refractivity contribution in [2.75, 3.05) is 13.2 Å². The van der Waals surface area contributed by atoms with E-state index < -0.39 is 6.04 Å². The maximum atomic E-state index is 11.2. The molecule has 0 bridgehead atoms. The molecule has 1 atom stereocenters. The lowest BCUT2D eigenvalue weighted by Crippen LogP contribution is -2.32. The number of halogens is 1. The zero-order valence-corrected chi connectivity index (χ0v) is 10.2. The second kappa shape index (κ2) is 11.8.